The van der Waals surface area contributed by atoms with Gasteiger partial charge < -0.3 is 20.3 Å². The summed E-state index contributed by atoms with van der Waals surface area (Å²) in [6.45, 7) is 6.58. The van der Waals surface area contributed by atoms with Crippen molar-refractivity contribution >= 4 is 11.9 Å². The van der Waals surface area contributed by atoms with E-state index in [-0.39, 0.29) is 11.9 Å². The quantitative estimate of drug-likeness (QED) is 0.727. The largest absolute Gasteiger partial charge is 0.378 e. The van der Waals surface area contributed by atoms with E-state index < -0.39 is 6.04 Å². The van der Waals surface area contributed by atoms with Crippen LogP contribution in [0.4, 0.5) is 4.79 Å². The fraction of sp³-hybridized carbons (Fsp3) is 0.818. The second kappa shape index (κ2) is 7.11. The molecule has 2 N–H and O–H groups in total. The molecule has 3 amide bonds. The molecule has 0 aromatic heterocycles. The van der Waals surface area contributed by atoms with Crippen molar-refractivity contribution in [1.29, 1.82) is 0 Å². The minimum Gasteiger partial charge on any atom is -0.378 e. The molecule has 0 radical (unpaired) electrons. The van der Waals surface area contributed by atoms with Gasteiger partial charge in [-0.1, -0.05) is 6.92 Å². The fourth-order valence-corrected chi connectivity index (χ4v) is 1.51. The van der Waals surface area contributed by atoms with Crippen LogP contribution in [0.15, 0.2) is 0 Å². The van der Waals surface area contributed by atoms with Gasteiger partial charge in [0.2, 0.25) is 5.91 Å². The van der Waals surface area contributed by atoms with Crippen molar-refractivity contribution in [3.63, 3.8) is 0 Å². The minimum atomic E-state index is -0.503. The van der Waals surface area contributed by atoms with E-state index >= 15 is 0 Å². The molecule has 6 heteroatoms. The molecule has 98 valence electrons. The lowest BCUT2D eigenvalue weighted by Gasteiger charge is -2.28. The summed E-state index contributed by atoms with van der Waals surface area (Å²) in [5.74, 6) is -0.145. The summed E-state index contributed by atoms with van der Waals surface area (Å²) >= 11 is 0. The zero-order valence-corrected chi connectivity index (χ0v) is 10.5. The number of rotatable bonds is 4. The predicted molar refractivity (Wildman–Crippen MR) is 63.7 cm³/mol. The van der Waals surface area contributed by atoms with Crippen molar-refractivity contribution in [2.75, 3.05) is 32.8 Å². The summed E-state index contributed by atoms with van der Waals surface area (Å²) in [6.07, 6.45) is 0.885. The molecule has 0 aromatic rings. The average molecular weight is 243 g/mol. The van der Waals surface area contributed by atoms with Crippen molar-refractivity contribution in [1.82, 2.24) is 15.5 Å². The van der Waals surface area contributed by atoms with Gasteiger partial charge in [0.1, 0.15) is 6.04 Å². The smallest absolute Gasteiger partial charge is 0.318 e. The highest BCUT2D eigenvalue weighted by molar-refractivity contribution is 5.86. The van der Waals surface area contributed by atoms with Crippen LogP contribution < -0.4 is 10.6 Å². The number of urea groups is 1. The van der Waals surface area contributed by atoms with Crippen LogP contribution in [0, 0.1) is 0 Å². The monoisotopic (exact) mass is 243 g/mol. The summed E-state index contributed by atoms with van der Waals surface area (Å²) in [6, 6.07) is -0.704. The van der Waals surface area contributed by atoms with Gasteiger partial charge in [-0.05, 0) is 13.3 Å². The first kappa shape index (κ1) is 13.8. The summed E-state index contributed by atoms with van der Waals surface area (Å²) in [5, 5.41) is 5.42. The zero-order chi connectivity index (χ0) is 12.7. The van der Waals surface area contributed by atoms with Gasteiger partial charge in [-0.25, -0.2) is 4.79 Å². The van der Waals surface area contributed by atoms with Crippen LogP contribution in [0.3, 0.4) is 0 Å². The second-order valence-corrected chi connectivity index (χ2v) is 4.06. The maximum Gasteiger partial charge on any atom is 0.318 e. The third-order valence-electron chi connectivity index (χ3n) is 2.58. The van der Waals surface area contributed by atoms with Crippen LogP contribution in [0.5, 0.6) is 0 Å². The molecule has 1 atom stereocenters. The second-order valence-electron chi connectivity index (χ2n) is 4.06. The number of amides is 3. The number of carbonyl (C=O) groups is 2. The fourth-order valence-electron chi connectivity index (χ4n) is 1.51. The summed E-state index contributed by atoms with van der Waals surface area (Å²) in [7, 11) is 0. The molecule has 0 spiro atoms. The van der Waals surface area contributed by atoms with E-state index in [2.05, 4.69) is 10.6 Å². The number of hydrogen-bond donors (Lipinski definition) is 2. The molecule has 1 unspecified atom stereocenters. The Morgan fingerprint density at radius 2 is 2.00 bits per heavy atom. The summed E-state index contributed by atoms with van der Waals surface area (Å²) < 4.78 is 5.15. The molecule has 0 aromatic carbocycles. The molecular formula is C11H21N3O3. The van der Waals surface area contributed by atoms with Crippen molar-refractivity contribution in [2.45, 2.75) is 26.3 Å². The lowest BCUT2D eigenvalue weighted by Crippen LogP contribution is -2.52. The standard InChI is InChI=1S/C11H21N3O3/c1-3-4-12-10(15)9(2)13-11(16)14-5-7-17-8-6-14/h9H,3-8H2,1-2H3,(H,12,15)(H,13,16). The number of hydrogen-bond acceptors (Lipinski definition) is 3. The van der Waals surface area contributed by atoms with Crippen LogP contribution in [0.1, 0.15) is 20.3 Å². The van der Waals surface area contributed by atoms with Crippen LogP contribution >= 0.6 is 0 Å². The Hall–Kier alpha value is -1.30. The highest BCUT2D eigenvalue weighted by Gasteiger charge is 2.20. The van der Waals surface area contributed by atoms with E-state index in [1.54, 1.807) is 11.8 Å². The third-order valence-corrected chi connectivity index (χ3v) is 2.58. The number of nitrogens with one attached hydrogen (secondary N) is 2. The Balaban J connectivity index is 2.31. The van der Waals surface area contributed by atoms with Gasteiger partial charge in [0, 0.05) is 19.6 Å². The molecule has 0 saturated carbocycles. The van der Waals surface area contributed by atoms with E-state index in [4.69, 9.17) is 4.74 Å². The third kappa shape index (κ3) is 4.60. The van der Waals surface area contributed by atoms with Crippen LogP contribution in [0.25, 0.3) is 0 Å². The first-order chi connectivity index (χ1) is 8.15. The van der Waals surface area contributed by atoms with Crippen molar-refractivity contribution in [2.24, 2.45) is 0 Å². The first-order valence-corrected chi connectivity index (χ1v) is 6.06. The number of carbonyl (C=O) groups excluding carboxylic acids is 2. The van der Waals surface area contributed by atoms with Gasteiger partial charge in [0.15, 0.2) is 0 Å². The van der Waals surface area contributed by atoms with Crippen molar-refractivity contribution in [3.8, 4) is 0 Å². The maximum absolute atomic E-state index is 11.8. The predicted octanol–water partition coefficient (Wildman–Crippen LogP) is -0.0571. The maximum atomic E-state index is 11.8. The number of morpholine rings is 1. The summed E-state index contributed by atoms with van der Waals surface area (Å²) in [5.41, 5.74) is 0. The minimum absolute atomic E-state index is 0.145. The lowest BCUT2D eigenvalue weighted by atomic mass is 10.3. The number of nitrogens with zero attached hydrogens (tertiary/aromatic N) is 1. The van der Waals surface area contributed by atoms with Gasteiger partial charge in [-0.3, -0.25) is 4.79 Å². The average Bonchev–Trinajstić information content (AvgIpc) is 2.36. The molecule has 1 aliphatic rings. The number of ether oxygens (including phenoxy) is 1. The Morgan fingerprint density at radius 1 is 1.35 bits per heavy atom. The normalized spacial score (nSPS) is 17.4. The Bertz CT molecular complexity index is 265. The van der Waals surface area contributed by atoms with E-state index in [0.717, 1.165) is 6.42 Å². The molecule has 1 aliphatic heterocycles. The van der Waals surface area contributed by atoms with E-state index in [0.29, 0.717) is 32.8 Å². The molecule has 1 fully saturated rings. The van der Waals surface area contributed by atoms with E-state index in [1.165, 1.54) is 0 Å². The van der Waals surface area contributed by atoms with E-state index in [9.17, 15) is 9.59 Å². The molecule has 0 aliphatic carbocycles. The van der Waals surface area contributed by atoms with Gasteiger partial charge in [0.25, 0.3) is 0 Å². The topological polar surface area (TPSA) is 70.7 Å². The van der Waals surface area contributed by atoms with E-state index in [1.807, 2.05) is 6.92 Å². The molecule has 1 rings (SSSR count). The van der Waals surface area contributed by atoms with Crippen molar-refractivity contribution in [3.05, 3.63) is 0 Å². The molecule has 6 nitrogen and oxygen atoms in total. The Morgan fingerprint density at radius 3 is 2.59 bits per heavy atom. The highest BCUT2D eigenvalue weighted by atomic mass is 16.5. The van der Waals surface area contributed by atoms with Crippen LogP contribution in [-0.4, -0.2) is 55.7 Å². The van der Waals surface area contributed by atoms with Gasteiger partial charge in [-0.2, -0.15) is 0 Å². The molecular weight excluding hydrogens is 222 g/mol. The molecule has 17 heavy (non-hydrogen) atoms. The Kier molecular flexibility index (Phi) is 5.76. The summed E-state index contributed by atoms with van der Waals surface area (Å²) in [4.78, 5) is 25.0. The molecule has 0 bridgehead atoms. The highest BCUT2D eigenvalue weighted by Crippen LogP contribution is 1.97. The van der Waals surface area contributed by atoms with Crippen molar-refractivity contribution < 1.29 is 14.3 Å². The Labute approximate surface area is 102 Å². The van der Waals surface area contributed by atoms with Gasteiger partial charge in [-0.15, -0.1) is 0 Å². The lowest BCUT2D eigenvalue weighted by molar-refractivity contribution is -0.122. The van der Waals surface area contributed by atoms with Gasteiger partial charge in [0.05, 0.1) is 13.2 Å². The molecule has 1 saturated heterocycles. The first-order valence-electron chi connectivity index (χ1n) is 6.06. The molecule has 1 heterocycles. The van der Waals surface area contributed by atoms with Crippen LogP contribution in [-0.2, 0) is 9.53 Å². The van der Waals surface area contributed by atoms with Gasteiger partial charge >= 0.3 is 6.03 Å². The van der Waals surface area contributed by atoms with Crippen LogP contribution in [0.2, 0.25) is 0 Å². The SMILES string of the molecule is CCCNC(=O)C(C)NC(=O)N1CCOCC1. The zero-order valence-electron chi connectivity index (χ0n) is 10.5.